The van der Waals surface area contributed by atoms with E-state index in [0.717, 1.165) is 5.56 Å². The van der Waals surface area contributed by atoms with Crippen LogP contribution in [0.15, 0.2) is 72.8 Å². The zero-order valence-corrected chi connectivity index (χ0v) is 20.3. The summed E-state index contributed by atoms with van der Waals surface area (Å²) in [6, 6.07) is 23.5. The third-order valence-electron chi connectivity index (χ3n) is 5.62. The van der Waals surface area contributed by atoms with Gasteiger partial charge in [0.15, 0.2) is 0 Å². The molecule has 0 saturated carbocycles. The van der Waals surface area contributed by atoms with Crippen molar-refractivity contribution in [2.24, 2.45) is 0 Å². The number of rotatable bonds is 5. The summed E-state index contributed by atoms with van der Waals surface area (Å²) in [6.45, 7) is 6.18. The molecule has 1 aliphatic rings. The van der Waals surface area contributed by atoms with Crippen molar-refractivity contribution in [2.45, 2.75) is 38.7 Å². The molecule has 0 aromatic heterocycles. The normalized spacial score (nSPS) is 12.1. The van der Waals surface area contributed by atoms with Gasteiger partial charge in [-0.15, -0.1) is 0 Å². The van der Waals surface area contributed by atoms with Gasteiger partial charge in [-0.05, 0) is 67.3 Å². The summed E-state index contributed by atoms with van der Waals surface area (Å²) in [6.07, 6.45) is 0.0354. The molecule has 0 bridgehead atoms. The number of nitrogens with one attached hydrogen (secondary N) is 1. The van der Waals surface area contributed by atoms with Crippen molar-refractivity contribution in [2.75, 3.05) is 13.2 Å². The number of fused-ring (bicyclic) bond motifs is 3. The highest BCUT2D eigenvalue weighted by Gasteiger charge is 2.28. The van der Waals surface area contributed by atoms with Gasteiger partial charge >= 0.3 is 12.1 Å². The van der Waals surface area contributed by atoms with Crippen molar-refractivity contribution in [1.29, 1.82) is 0 Å². The molecule has 0 heterocycles. The third kappa shape index (κ3) is 6.10. The highest BCUT2D eigenvalue weighted by Crippen LogP contribution is 2.44. The number of carbonyl (C=O) groups is 2. The maximum Gasteiger partial charge on any atom is 0.407 e. The van der Waals surface area contributed by atoms with E-state index in [9.17, 15) is 9.59 Å². The minimum absolute atomic E-state index is 0.0385. The fourth-order valence-corrected chi connectivity index (χ4v) is 4.07. The topological polar surface area (TPSA) is 64.6 Å². The van der Waals surface area contributed by atoms with Crippen LogP contribution in [0.1, 0.15) is 60.2 Å². The Bertz CT molecular complexity index is 1230. The Kier molecular flexibility index (Phi) is 7.22. The minimum Gasteiger partial charge on any atom is -0.456 e. The standard InChI is InChI=1S/C30H29NO4/c1-30(2,3)35-28(32)22-17-15-21(16-18-22)10-8-9-19-31-29(33)34-20-27-25-13-6-4-11-23(25)24-12-5-7-14-26(24)27/h4-7,11-18,27H,9,19-20H2,1-3H3,(H,31,33). The van der Waals surface area contributed by atoms with E-state index in [4.69, 9.17) is 9.47 Å². The Labute approximate surface area is 206 Å². The molecule has 3 aromatic rings. The Morgan fingerprint density at radius 1 is 0.886 bits per heavy atom. The first-order chi connectivity index (χ1) is 16.8. The molecule has 5 heteroatoms. The molecule has 0 fully saturated rings. The average molecular weight is 468 g/mol. The molecule has 0 spiro atoms. The lowest BCUT2D eigenvalue weighted by molar-refractivity contribution is 0.00694. The van der Waals surface area contributed by atoms with Crippen LogP contribution in [-0.4, -0.2) is 30.8 Å². The number of hydrogen-bond acceptors (Lipinski definition) is 4. The molecule has 1 N–H and O–H groups in total. The second-order valence-electron chi connectivity index (χ2n) is 9.38. The molecule has 0 unspecified atom stereocenters. The van der Waals surface area contributed by atoms with E-state index in [0.29, 0.717) is 18.5 Å². The highest BCUT2D eigenvalue weighted by atomic mass is 16.6. The van der Waals surface area contributed by atoms with Crippen molar-refractivity contribution >= 4 is 12.1 Å². The molecule has 1 amide bonds. The average Bonchev–Trinajstić information content (AvgIpc) is 3.15. The van der Waals surface area contributed by atoms with Gasteiger partial charge in [0.2, 0.25) is 0 Å². The second-order valence-corrected chi connectivity index (χ2v) is 9.38. The monoisotopic (exact) mass is 467 g/mol. The number of esters is 1. The van der Waals surface area contributed by atoms with Gasteiger partial charge in [-0.25, -0.2) is 9.59 Å². The summed E-state index contributed by atoms with van der Waals surface area (Å²) in [5.74, 6) is 5.75. The first kappa shape index (κ1) is 24.1. The molecule has 178 valence electrons. The second kappa shape index (κ2) is 10.5. The molecule has 1 aliphatic carbocycles. The Balaban J connectivity index is 1.23. The van der Waals surface area contributed by atoms with Crippen LogP contribution in [-0.2, 0) is 9.47 Å². The summed E-state index contributed by atoms with van der Waals surface area (Å²) < 4.78 is 10.9. The van der Waals surface area contributed by atoms with Crippen molar-refractivity contribution in [3.8, 4) is 23.0 Å². The van der Waals surface area contributed by atoms with Crippen molar-refractivity contribution < 1.29 is 19.1 Å². The summed E-state index contributed by atoms with van der Waals surface area (Å²) in [5, 5.41) is 2.76. The molecule has 3 aromatic carbocycles. The lowest BCUT2D eigenvalue weighted by atomic mass is 9.98. The largest absolute Gasteiger partial charge is 0.456 e. The Morgan fingerprint density at radius 2 is 1.49 bits per heavy atom. The van der Waals surface area contributed by atoms with Gasteiger partial charge in [-0.3, -0.25) is 0 Å². The Hall–Kier alpha value is -4.04. The summed E-state index contributed by atoms with van der Waals surface area (Å²) in [4.78, 5) is 24.3. The fourth-order valence-electron chi connectivity index (χ4n) is 4.07. The maximum atomic E-state index is 12.2. The molecule has 0 atom stereocenters. The quantitative estimate of drug-likeness (QED) is 0.287. The number of carbonyl (C=O) groups excluding carboxylic acids is 2. The van der Waals surface area contributed by atoms with Crippen molar-refractivity contribution in [3.05, 3.63) is 95.1 Å². The Morgan fingerprint density at radius 3 is 2.09 bits per heavy atom. The van der Waals surface area contributed by atoms with E-state index >= 15 is 0 Å². The van der Waals surface area contributed by atoms with E-state index in [1.165, 1.54) is 22.3 Å². The van der Waals surface area contributed by atoms with Crippen LogP contribution in [0.25, 0.3) is 11.1 Å². The first-order valence-electron chi connectivity index (χ1n) is 11.7. The van der Waals surface area contributed by atoms with E-state index < -0.39 is 11.7 Å². The summed E-state index contributed by atoms with van der Waals surface area (Å²) >= 11 is 0. The predicted molar refractivity (Wildman–Crippen MR) is 136 cm³/mol. The zero-order chi connectivity index (χ0) is 24.8. The van der Waals surface area contributed by atoms with Crippen LogP contribution >= 0.6 is 0 Å². The van der Waals surface area contributed by atoms with E-state index in [1.54, 1.807) is 24.3 Å². The predicted octanol–water partition coefficient (Wildman–Crippen LogP) is 5.92. The highest BCUT2D eigenvalue weighted by molar-refractivity contribution is 5.89. The van der Waals surface area contributed by atoms with Crippen LogP contribution in [0.4, 0.5) is 4.79 Å². The van der Waals surface area contributed by atoms with Crippen molar-refractivity contribution in [1.82, 2.24) is 5.32 Å². The lowest BCUT2D eigenvalue weighted by Gasteiger charge is -2.19. The van der Waals surface area contributed by atoms with E-state index in [1.807, 2.05) is 45.0 Å². The number of benzene rings is 3. The molecule has 0 radical (unpaired) electrons. The van der Waals surface area contributed by atoms with Gasteiger partial charge in [0.25, 0.3) is 0 Å². The fraction of sp³-hybridized carbons (Fsp3) is 0.267. The van der Waals surface area contributed by atoms with Crippen LogP contribution in [0.2, 0.25) is 0 Å². The van der Waals surface area contributed by atoms with Gasteiger partial charge in [0.05, 0.1) is 5.56 Å². The molecule has 35 heavy (non-hydrogen) atoms. The third-order valence-corrected chi connectivity index (χ3v) is 5.62. The zero-order valence-electron chi connectivity index (χ0n) is 20.3. The maximum absolute atomic E-state index is 12.2. The molecular formula is C30H29NO4. The molecule has 0 aliphatic heterocycles. The van der Waals surface area contributed by atoms with Crippen LogP contribution in [0.5, 0.6) is 0 Å². The number of ether oxygens (including phenoxy) is 2. The van der Waals surface area contributed by atoms with Gasteiger partial charge in [0.1, 0.15) is 12.2 Å². The van der Waals surface area contributed by atoms with E-state index in [2.05, 4.69) is 41.4 Å². The summed E-state index contributed by atoms with van der Waals surface area (Å²) in [7, 11) is 0. The SMILES string of the molecule is CC(C)(C)OC(=O)c1ccc(C#CCCNC(=O)OCC2c3ccccc3-c3ccccc32)cc1. The van der Waals surface area contributed by atoms with Gasteiger partial charge in [-0.1, -0.05) is 60.4 Å². The van der Waals surface area contributed by atoms with E-state index in [-0.39, 0.29) is 18.5 Å². The van der Waals surface area contributed by atoms with Crippen LogP contribution < -0.4 is 5.32 Å². The summed E-state index contributed by atoms with van der Waals surface area (Å²) in [5.41, 5.74) is 5.52. The molecular weight excluding hydrogens is 438 g/mol. The first-order valence-corrected chi connectivity index (χ1v) is 11.7. The number of amides is 1. The minimum atomic E-state index is -0.532. The van der Waals surface area contributed by atoms with Gasteiger partial charge < -0.3 is 14.8 Å². The lowest BCUT2D eigenvalue weighted by Crippen LogP contribution is -2.26. The number of hydrogen-bond donors (Lipinski definition) is 1. The molecule has 0 saturated heterocycles. The van der Waals surface area contributed by atoms with Crippen molar-refractivity contribution in [3.63, 3.8) is 0 Å². The molecule has 5 nitrogen and oxygen atoms in total. The smallest absolute Gasteiger partial charge is 0.407 e. The van der Waals surface area contributed by atoms with Crippen LogP contribution in [0, 0.1) is 11.8 Å². The number of alkyl carbamates (subject to hydrolysis) is 1. The molecule has 4 rings (SSSR count). The van der Waals surface area contributed by atoms with Gasteiger partial charge in [-0.2, -0.15) is 0 Å². The van der Waals surface area contributed by atoms with Crippen LogP contribution in [0.3, 0.4) is 0 Å². The van der Waals surface area contributed by atoms with Gasteiger partial charge in [0, 0.05) is 24.4 Å².